The molecule has 6 heteroatoms. The van der Waals surface area contributed by atoms with E-state index in [4.69, 9.17) is 13.9 Å². The summed E-state index contributed by atoms with van der Waals surface area (Å²) in [6.07, 6.45) is 3.99. The second-order valence-electron chi connectivity index (χ2n) is 7.11. The van der Waals surface area contributed by atoms with Crippen molar-refractivity contribution in [2.75, 3.05) is 7.11 Å². The minimum absolute atomic E-state index is 0.157. The maximum atomic E-state index is 12.6. The topological polar surface area (TPSA) is 65.6 Å². The van der Waals surface area contributed by atoms with Crippen molar-refractivity contribution in [1.29, 1.82) is 0 Å². The summed E-state index contributed by atoms with van der Waals surface area (Å²) in [5.41, 5.74) is 2.08. The molecule has 0 aliphatic rings. The monoisotopic (exact) mass is 416 g/mol. The van der Waals surface area contributed by atoms with E-state index in [2.05, 4.69) is 5.32 Å². The number of amides is 1. The van der Waals surface area contributed by atoms with Crippen LogP contribution in [0.5, 0.6) is 11.5 Å². The van der Waals surface area contributed by atoms with E-state index < -0.39 is 0 Å². The normalized spacial score (nSPS) is 11.7. The summed E-state index contributed by atoms with van der Waals surface area (Å²) in [4.78, 5) is 12.6. The van der Waals surface area contributed by atoms with Crippen molar-refractivity contribution in [2.45, 2.75) is 19.6 Å². The van der Waals surface area contributed by atoms with E-state index in [0.29, 0.717) is 11.5 Å². The molecule has 0 fully saturated rings. The summed E-state index contributed by atoms with van der Waals surface area (Å²) < 4.78 is 18.5. The number of ether oxygens (including phenoxy) is 2. The first-order chi connectivity index (χ1) is 15.1. The van der Waals surface area contributed by atoms with Crippen LogP contribution in [0.2, 0.25) is 0 Å². The third kappa shape index (κ3) is 4.98. The Bertz CT molecular complexity index is 1110. The van der Waals surface area contributed by atoms with E-state index in [1.165, 1.54) is 0 Å². The summed E-state index contributed by atoms with van der Waals surface area (Å²) in [5.74, 6) is 2.02. The zero-order valence-corrected chi connectivity index (χ0v) is 17.4. The lowest BCUT2D eigenvalue weighted by atomic mass is 10.1. The van der Waals surface area contributed by atoms with E-state index in [0.717, 1.165) is 17.0 Å². The summed E-state index contributed by atoms with van der Waals surface area (Å²) in [6, 6.07) is 22.6. The van der Waals surface area contributed by atoms with Crippen LogP contribution in [0.3, 0.4) is 0 Å². The highest BCUT2D eigenvalue weighted by Crippen LogP contribution is 2.20. The van der Waals surface area contributed by atoms with E-state index in [-0.39, 0.29) is 24.3 Å². The smallest absolute Gasteiger partial charge is 0.287 e. The molecule has 4 aromatic rings. The highest BCUT2D eigenvalue weighted by Gasteiger charge is 2.15. The average molecular weight is 416 g/mol. The van der Waals surface area contributed by atoms with Crippen LogP contribution >= 0.6 is 0 Å². The Morgan fingerprint density at radius 2 is 1.65 bits per heavy atom. The molecule has 31 heavy (non-hydrogen) atoms. The predicted molar refractivity (Wildman–Crippen MR) is 118 cm³/mol. The Balaban J connectivity index is 1.32. The molecule has 1 amide bonds. The zero-order chi connectivity index (χ0) is 21.6. The van der Waals surface area contributed by atoms with Gasteiger partial charge in [-0.1, -0.05) is 12.1 Å². The van der Waals surface area contributed by atoms with Gasteiger partial charge in [0.15, 0.2) is 5.76 Å². The van der Waals surface area contributed by atoms with Gasteiger partial charge in [-0.05, 0) is 73.2 Å². The van der Waals surface area contributed by atoms with Gasteiger partial charge in [-0.15, -0.1) is 0 Å². The van der Waals surface area contributed by atoms with Gasteiger partial charge >= 0.3 is 0 Å². The van der Waals surface area contributed by atoms with Gasteiger partial charge in [0, 0.05) is 18.1 Å². The van der Waals surface area contributed by atoms with Crippen molar-refractivity contribution in [1.82, 2.24) is 9.88 Å². The van der Waals surface area contributed by atoms with Crippen LogP contribution in [0, 0.1) is 0 Å². The maximum absolute atomic E-state index is 12.6. The Morgan fingerprint density at radius 3 is 2.32 bits per heavy atom. The lowest BCUT2D eigenvalue weighted by Crippen LogP contribution is -2.26. The lowest BCUT2D eigenvalue weighted by Gasteiger charge is -2.14. The van der Waals surface area contributed by atoms with Gasteiger partial charge in [-0.2, -0.15) is 0 Å². The second kappa shape index (κ2) is 9.26. The number of hydrogen-bond acceptors (Lipinski definition) is 4. The SMILES string of the molecule is COc1ccc(OCc2ccc(C(=O)NC(C)c3ccc(-n4cccc4)cc3)o2)cc1. The fourth-order valence-electron chi connectivity index (χ4n) is 3.20. The fourth-order valence-corrected chi connectivity index (χ4v) is 3.20. The van der Waals surface area contributed by atoms with Gasteiger partial charge in [-0.25, -0.2) is 0 Å². The largest absolute Gasteiger partial charge is 0.497 e. The van der Waals surface area contributed by atoms with Crippen LogP contribution in [-0.4, -0.2) is 17.6 Å². The molecular weight excluding hydrogens is 392 g/mol. The molecule has 2 aromatic heterocycles. The molecular formula is C25H24N2O4. The second-order valence-corrected chi connectivity index (χ2v) is 7.11. The molecule has 4 rings (SSSR count). The fraction of sp³-hybridized carbons (Fsp3) is 0.160. The Morgan fingerprint density at radius 1 is 0.968 bits per heavy atom. The molecule has 0 radical (unpaired) electrons. The van der Waals surface area contributed by atoms with Crippen molar-refractivity contribution in [3.8, 4) is 17.2 Å². The number of carbonyl (C=O) groups excluding carboxylic acids is 1. The number of furan rings is 1. The number of hydrogen-bond donors (Lipinski definition) is 1. The molecule has 0 spiro atoms. The van der Waals surface area contributed by atoms with Gasteiger partial charge in [0.05, 0.1) is 13.2 Å². The standard InChI is InChI=1S/C25H24N2O4/c1-18(19-5-7-20(8-6-19)27-15-3-4-16-27)26-25(28)24-14-13-23(31-24)17-30-22-11-9-21(29-2)10-12-22/h3-16,18H,17H2,1-2H3,(H,26,28). The van der Waals surface area contributed by atoms with Crippen molar-refractivity contribution in [3.63, 3.8) is 0 Å². The van der Waals surface area contributed by atoms with Crippen molar-refractivity contribution in [2.24, 2.45) is 0 Å². The van der Waals surface area contributed by atoms with Crippen LogP contribution in [0.15, 0.2) is 89.6 Å². The quantitative estimate of drug-likeness (QED) is 0.431. The number of nitrogens with one attached hydrogen (secondary N) is 1. The zero-order valence-electron chi connectivity index (χ0n) is 17.4. The van der Waals surface area contributed by atoms with E-state index in [1.807, 2.05) is 84.5 Å². The summed E-state index contributed by atoms with van der Waals surface area (Å²) >= 11 is 0. The average Bonchev–Trinajstić information content (AvgIpc) is 3.50. The third-order valence-corrected chi connectivity index (χ3v) is 4.97. The molecule has 158 valence electrons. The van der Waals surface area contributed by atoms with Crippen molar-refractivity contribution >= 4 is 5.91 Å². The number of rotatable bonds is 8. The van der Waals surface area contributed by atoms with Crippen LogP contribution in [-0.2, 0) is 6.61 Å². The molecule has 0 aliphatic carbocycles. The maximum Gasteiger partial charge on any atom is 0.287 e. The van der Waals surface area contributed by atoms with E-state index >= 15 is 0 Å². The van der Waals surface area contributed by atoms with Gasteiger partial charge in [0.2, 0.25) is 0 Å². The third-order valence-electron chi connectivity index (χ3n) is 4.97. The molecule has 6 nitrogen and oxygen atoms in total. The summed E-state index contributed by atoms with van der Waals surface area (Å²) in [6.45, 7) is 2.18. The highest BCUT2D eigenvalue weighted by molar-refractivity contribution is 5.91. The molecule has 0 aliphatic heterocycles. The molecule has 0 bridgehead atoms. The predicted octanol–water partition coefficient (Wildman–Crippen LogP) is 5.15. The molecule has 1 unspecified atom stereocenters. The van der Waals surface area contributed by atoms with Crippen LogP contribution in [0.1, 0.15) is 34.8 Å². The first kappa shape index (κ1) is 20.3. The Labute approximate surface area is 181 Å². The van der Waals surface area contributed by atoms with Crippen LogP contribution in [0.25, 0.3) is 5.69 Å². The van der Waals surface area contributed by atoms with E-state index in [9.17, 15) is 4.79 Å². The number of aromatic nitrogens is 1. The highest BCUT2D eigenvalue weighted by atomic mass is 16.5. The first-order valence-electron chi connectivity index (χ1n) is 10.0. The number of nitrogens with zero attached hydrogens (tertiary/aromatic N) is 1. The molecule has 1 N–H and O–H groups in total. The van der Waals surface area contributed by atoms with Crippen molar-refractivity contribution in [3.05, 3.63) is 102 Å². The lowest BCUT2D eigenvalue weighted by molar-refractivity contribution is 0.0907. The number of benzene rings is 2. The molecule has 1 atom stereocenters. The summed E-state index contributed by atoms with van der Waals surface area (Å²) in [7, 11) is 1.62. The molecule has 2 aromatic carbocycles. The molecule has 0 saturated carbocycles. The Kier molecular flexibility index (Phi) is 6.08. The minimum atomic E-state index is -0.266. The van der Waals surface area contributed by atoms with Gasteiger partial charge in [-0.3, -0.25) is 4.79 Å². The molecule has 0 saturated heterocycles. The Hall–Kier alpha value is -3.93. The van der Waals surface area contributed by atoms with Gasteiger partial charge in [0.1, 0.15) is 23.9 Å². The number of methoxy groups -OCH3 is 1. The van der Waals surface area contributed by atoms with Crippen molar-refractivity contribution < 1.29 is 18.7 Å². The minimum Gasteiger partial charge on any atom is -0.497 e. The van der Waals surface area contributed by atoms with Crippen LogP contribution < -0.4 is 14.8 Å². The van der Waals surface area contributed by atoms with Crippen LogP contribution in [0.4, 0.5) is 0 Å². The molecule has 2 heterocycles. The number of carbonyl (C=O) groups is 1. The van der Waals surface area contributed by atoms with E-state index in [1.54, 1.807) is 19.2 Å². The van der Waals surface area contributed by atoms with Gasteiger partial charge < -0.3 is 23.8 Å². The summed E-state index contributed by atoms with van der Waals surface area (Å²) in [5, 5.41) is 2.97. The first-order valence-corrected chi connectivity index (χ1v) is 10.0. The van der Waals surface area contributed by atoms with Gasteiger partial charge in [0.25, 0.3) is 5.91 Å².